The Kier molecular flexibility index (Phi) is 4.86. The second kappa shape index (κ2) is 6.43. The minimum atomic E-state index is -0.458. The maximum Gasteiger partial charge on any atom is 0.126 e. The summed E-state index contributed by atoms with van der Waals surface area (Å²) >= 11 is 3.45. The fraction of sp³-hybridized carbons (Fsp3) is 0.200. The highest BCUT2D eigenvalue weighted by Gasteiger charge is 2.16. The van der Waals surface area contributed by atoms with E-state index in [9.17, 15) is 8.78 Å². The van der Waals surface area contributed by atoms with E-state index in [-0.39, 0.29) is 12.5 Å². The minimum Gasteiger partial charge on any atom is -0.271 e. The van der Waals surface area contributed by atoms with Crippen LogP contribution in [0.25, 0.3) is 0 Å². The van der Waals surface area contributed by atoms with Crippen LogP contribution in [0.4, 0.5) is 8.78 Å². The molecular weight excluding hydrogens is 326 g/mol. The summed E-state index contributed by atoms with van der Waals surface area (Å²) in [5.74, 6) is 4.68. The molecule has 2 nitrogen and oxygen atoms in total. The van der Waals surface area contributed by atoms with E-state index in [0.717, 1.165) is 27.7 Å². The molecule has 0 aliphatic heterocycles. The van der Waals surface area contributed by atoms with E-state index in [1.54, 1.807) is 0 Å². The van der Waals surface area contributed by atoms with Crippen molar-refractivity contribution in [3.8, 4) is 0 Å². The van der Waals surface area contributed by atoms with Crippen LogP contribution in [0, 0.1) is 18.6 Å². The molecule has 0 radical (unpaired) electrons. The SMILES string of the molecule is Cc1ccc(Br)c(C(Cc2cc(F)ccc2F)NN)c1. The topological polar surface area (TPSA) is 38.0 Å². The van der Waals surface area contributed by atoms with Crippen molar-refractivity contribution in [1.29, 1.82) is 0 Å². The summed E-state index contributed by atoms with van der Waals surface area (Å²) in [6, 6.07) is 8.96. The van der Waals surface area contributed by atoms with Gasteiger partial charge in [-0.2, -0.15) is 0 Å². The molecule has 2 aromatic carbocycles. The summed E-state index contributed by atoms with van der Waals surface area (Å²) in [5.41, 5.74) is 4.94. The summed E-state index contributed by atoms with van der Waals surface area (Å²) in [5, 5.41) is 0. The summed E-state index contributed by atoms with van der Waals surface area (Å²) in [4.78, 5) is 0. The van der Waals surface area contributed by atoms with Gasteiger partial charge in [0.05, 0.1) is 6.04 Å². The summed E-state index contributed by atoms with van der Waals surface area (Å²) in [6.07, 6.45) is 0.266. The highest BCUT2D eigenvalue weighted by atomic mass is 79.9. The van der Waals surface area contributed by atoms with Crippen molar-refractivity contribution in [1.82, 2.24) is 5.43 Å². The maximum atomic E-state index is 13.7. The maximum absolute atomic E-state index is 13.7. The van der Waals surface area contributed by atoms with Crippen LogP contribution in [-0.2, 0) is 6.42 Å². The molecule has 1 atom stereocenters. The summed E-state index contributed by atoms with van der Waals surface area (Å²) < 4.78 is 27.8. The Morgan fingerprint density at radius 3 is 2.65 bits per heavy atom. The number of benzene rings is 2. The molecule has 1 unspecified atom stereocenters. The summed E-state index contributed by atoms with van der Waals surface area (Å²) in [6.45, 7) is 1.96. The smallest absolute Gasteiger partial charge is 0.126 e. The van der Waals surface area contributed by atoms with Gasteiger partial charge in [0.1, 0.15) is 11.6 Å². The fourth-order valence-electron chi connectivity index (χ4n) is 2.11. The highest BCUT2D eigenvalue weighted by Crippen LogP contribution is 2.27. The molecule has 5 heteroatoms. The van der Waals surface area contributed by atoms with Gasteiger partial charge in [-0.05, 0) is 48.7 Å². The van der Waals surface area contributed by atoms with Crippen molar-refractivity contribution in [2.24, 2.45) is 5.84 Å². The Morgan fingerprint density at radius 2 is 1.95 bits per heavy atom. The number of rotatable bonds is 4. The van der Waals surface area contributed by atoms with Gasteiger partial charge in [0, 0.05) is 4.47 Å². The van der Waals surface area contributed by atoms with E-state index in [4.69, 9.17) is 5.84 Å². The molecule has 0 saturated heterocycles. The molecule has 0 amide bonds. The Balaban J connectivity index is 2.33. The van der Waals surface area contributed by atoms with E-state index in [1.165, 1.54) is 6.07 Å². The van der Waals surface area contributed by atoms with Crippen LogP contribution in [0.2, 0.25) is 0 Å². The van der Waals surface area contributed by atoms with Gasteiger partial charge in [0.25, 0.3) is 0 Å². The van der Waals surface area contributed by atoms with Crippen LogP contribution >= 0.6 is 15.9 Å². The first-order chi connectivity index (χ1) is 9.51. The predicted octanol–water partition coefficient (Wildman–Crippen LogP) is 3.78. The second-order valence-corrected chi connectivity index (χ2v) is 5.54. The zero-order valence-corrected chi connectivity index (χ0v) is 12.5. The quantitative estimate of drug-likeness (QED) is 0.656. The van der Waals surface area contributed by atoms with E-state index in [2.05, 4.69) is 21.4 Å². The van der Waals surface area contributed by atoms with Crippen LogP contribution in [0.1, 0.15) is 22.7 Å². The summed E-state index contributed by atoms with van der Waals surface area (Å²) in [7, 11) is 0. The number of halogens is 3. The number of nitrogens with one attached hydrogen (secondary N) is 1. The Morgan fingerprint density at radius 1 is 1.20 bits per heavy atom. The van der Waals surface area contributed by atoms with Crippen LogP contribution in [0.3, 0.4) is 0 Å². The minimum absolute atomic E-state index is 0.266. The number of hydrogen-bond acceptors (Lipinski definition) is 2. The molecule has 0 bridgehead atoms. The van der Waals surface area contributed by atoms with Gasteiger partial charge >= 0.3 is 0 Å². The van der Waals surface area contributed by atoms with Crippen molar-refractivity contribution >= 4 is 15.9 Å². The zero-order chi connectivity index (χ0) is 14.7. The first-order valence-electron chi connectivity index (χ1n) is 6.17. The van der Waals surface area contributed by atoms with Crippen molar-refractivity contribution in [2.45, 2.75) is 19.4 Å². The lowest BCUT2D eigenvalue weighted by atomic mass is 9.97. The molecule has 0 aliphatic rings. The lowest BCUT2D eigenvalue weighted by Gasteiger charge is -2.19. The van der Waals surface area contributed by atoms with Gasteiger partial charge in [0.2, 0.25) is 0 Å². The van der Waals surface area contributed by atoms with Crippen molar-refractivity contribution in [2.75, 3.05) is 0 Å². The molecule has 0 saturated carbocycles. The number of aryl methyl sites for hydroxylation is 1. The standard InChI is InChI=1S/C15H15BrF2N2/c1-9-2-4-13(16)12(6-9)15(20-19)8-10-7-11(17)3-5-14(10)18/h2-7,15,20H,8,19H2,1H3. The van der Waals surface area contributed by atoms with Gasteiger partial charge in [-0.25, -0.2) is 8.78 Å². The lowest BCUT2D eigenvalue weighted by molar-refractivity contribution is 0.521. The third-order valence-corrected chi connectivity index (χ3v) is 3.88. The molecule has 2 aromatic rings. The van der Waals surface area contributed by atoms with Crippen molar-refractivity contribution in [3.63, 3.8) is 0 Å². The van der Waals surface area contributed by atoms with Gasteiger partial charge < -0.3 is 0 Å². The van der Waals surface area contributed by atoms with E-state index < -0.39 is 11.6 Å². The molecular formula is C15H15BrF2N2. The van der Waals surface area contributed by atoms with Gasteiger partial charge in [-0.1, -0.05) is 33.6 Å². The van der Waals surface area contributed by atoms with Crippen molar-refractivity contribution in [3.05, 3.63) is 69.2 Å². The molecule has 0 spiro atoms. The first kappa shape index (κ1) is 15.1. The van der Waals surface area contributed by atoms with E-state index >= 15 is 0 Å². The van der Waals surface area contributed by atoms with Gasteiger partial charge in [-0.3, -0.25) is 11.3 Å². The third kappa shape index (κ3) is 3.42. The normalized spacial score (nSPS) is 12.4. The largest absolute Gasteiger partial charge is 0.271 e. The third-order valence-electron chi connectivity index (χ3n) is 3.16. The molecule has 2 rings (SSSR count). The Labute approximate surface area is 125 Å². The number of hydrogen-bond donors (Lipinski definition) is 2. The van der Waals surface area contributed by atoms with E-state index in [1.807, 2.05) is 25.1 Å². The van der Waals surface area contributed by atoms with Crippen LogP contribution in [0.15, 0.2) is 40.9 Å². The molecule has 106 valence electrons. The Bertz CT molecular complexity index is 617. The molecule has 0 fully saturated rings. The predicted molar refractivity (Wildman–Crippen MR) is 79.0 cm³/mol. The molecule has 0 aromatic heterocycles. The zero-order valence-electron chi connectivity index (χ0n) is 11.0. The van der Waals surface area contributed by atoms with Gasteiger partial charge in [-0.15, -0.1) is 0 Å². The highest BCUT2D eigenvalue weighted by molar-refractivity contribution is 9.10. The molecule has 0 heterocycles. The molecule has 3 N–H and O–H groups in total. The van der Waals surface area contributed by atoms with Crippen LogP contribution in [0.5, 0.6) is 0 Å². The fourth-order valence-corrected chi connectivity index (χ4v) is 2.63. The van der Waals surface area contributed by atoms with Crippen molar-refractivity contribution < 1.29 is 8.78 Å². The molecule has 0 aliphatic carbocycles. The van der Waals surface area contributed by atoms with Crippen LogP contribution < -0.4 is 11.3 Å². The number of hydrazine groups is 1. The lowest BCUT2D eigenvalue weighted by Crippen LogP contribution is -2.30. The van der Waals surface area contributed by atoms with E-state index in [0.29, 0.717) is 5.56 Å². The first-order valence-corrected chi connectivity index (χ1v) is 6.96. The number of nitrogens with two attached hydrogens (primary N) is 1. The van der Waals surface area contributed by atoms with Crippen LogP contribution in [-0.4, -0.2) is 0 Å². The average Bonchev–Trinajstić information content (AvgIpc) is 2.42. The average molecular weight is 341 g/mol. The van der Waals surface area contributed by atoms with Gasteiger partial charge in [0.15, 0.2) is 0 Å². The second-order valence-electron chi connectivity index (χ2n) is 4.68. The molecule has 20 heavy (non-hydrogen) atoms. The Hall–Kier alpha value is -1.30. The monoisotopic (exact) mass is 340 g/mol.